The lowest BCUT2D eigenvalue weighted by Crippen LogP contribution is -2.40. The Balaban J connectivity index is 0.000000339. The van der Waals surface area contributed by atoms with E-state index in [9.17, 15) is 45.0 Å². The van der Waals surface area contributed by atoms with Crippen LogP contribution in [0.2, 0.25) is 0 Å². The Bertz CT molecular complexity index is 2590. The highest BCUT2D eigenvalue weighted by molar-refractivity contribution is 5.90. The fourth-order valence-corrected chi connectivity index (χ4v) is 13.0. The predicted molar refractivity (Wildman–Crippen MR) is 347 cm³/mol. The second-order valence-electron chi connectivity index (χ2n) is 28.7. The van der Waals surface area contributed by atoms with Gasteiger partial charge in [-0.25, -0.2) is 14.4 Å². The fourth-order valence-electron chi connectivity index (χ4n) is 13.0. The second-order valence-corrected chi connectivity index (χ2v) is 28.7. The summed E-state index contributed by atoms with van der Waals surface area (Å²) in [5.41, 5.74) is -1.19. The number of ether oxygens (including phenoxy) is 3. The molecule has 0 radical (unpaired) electrons. The van der Waals surface area contributed by atoms with E-state index < -0.39 is 51.5 Å². The van der Waals surface area contributed by atoms with E-state index in [0.717, 1.165) is 49.7 Å². The molecular formula is C74H114O12. The number of carbonyl (C=O) groups excluding carboxylic acids is 3. The summed E-state index contributed by atoms with van der Waals surface area (Å²) >= 11 is 0. The molecule has 3 aromatic rings. The van der Waals surface area contributed by atoms with E-state index in [1.807, 2.05) is 73.6 Å². The number of aliphatic hydroxyl groups is 6. The minimum atomic E-state index is -1.13. The third-order valence-corrected chi connectivity index (χ3v) is 17.3. The van der Waals surface area contributed by atoms with Gasteiger partial charge in [0.2, 0.25) is 0 Å². The van der Waals surface area contributed by atoms with Crippen molar-refractivity contribution in [1.29, 1.82) is 0 Å². The highest BCUT2D eigenvalue weighted by atomic mass is 16.5. The Labute approximate surface area is 519 Å². The summed E-state index contributed by atoms with van der Waals surface area (Å²) in [5, 5.41) is 69.0. The van der Waals surface area contributed by atoms with Crippen LogP contribution in [0.1, 0.15) is 255 Å². The zero-order chi connectivity index (χ0) is 65.7. The first-order valence-electron chi connectivity index (χ1n) is 32.0. The first-order chi connectivity index (χ1) is 39.6. The zero-order valence-corrected chi connectivity index (χ0v) is 56.5. The monoisotopic (exact) mass is 1190 g/mol. The molecule has 0 saturated heterocycles. The average Bonchev–Trinajstić information content (AvgIpc) is 0.941. The molecule has 6 N–H and O–H groups in total. The summed E-state index contributed by atoms with van der Waals surface area (Å²) < 4.78 is 16.6. The van der Waals surface area contributed by atoms with Gasteiger partial charge in [-0.1, -0.05) is 169 Å². The predicted octanol–water partition coefficient (Wildman–Crippen LogP) is 16.4. The summed E-state index contributed by atoms with van der Waals surface area (Å²) in [5.74, 6) is 0.296. The Morgan fingerprint density at radius 1 is 0.395 bits per heavy atom. The van der Waals surface area contributed by atoms with Crippen LogP contribution in [0.5, 0.6) is 17.2 Å². The standard InChI is InChI=1S/C28H46O4.C24H38O4.C22H30O4/c1-18(2)14-27(30,15-19(3)4)23-11-24(13-25(12-23)32-26(29)22(9)10)28(31,16-20(5)6)17-21(7)8;1-14(2)22(25)28-21-12-19(23(26,15(3)4)16(5)6)11-20(13-21)24(27,17(7)8)18(9)10;1-16(2)20(23)26-19-14-17(21(24)9-5-3-6-10-21)13-18(15-19)22(25)11-7-4-8-12-22/h11-13,18-21,30-31H,9,14-17H2,1-8,10H3;11-13,15-18,26-27H,1H2,2-10H3;13-15,24-25H,1,3-12H2,2H3. The quantitative estimate of drug-likeness (QED) is 0.0282. The van der Waals surface area contributed by atoms with E-state index >= 15 is 0 Å². The van der Waals surface area contributed by atoms with Crippen molar-refractivity contribution in [3.63, 3.8) is 0 Å². The van der Waals surface area contributed by atoms with Crippen LogP contribution in [-0.4, -0.2) is 48.5 Å². The molecule has 0 unspecified atom stereocenters. The smallest absolute Gasteiger partial charge is 0.338 e. The number of hydrogen-bond donors (Lipinski definition) is 6. The van der Waals surface area contributed by atoms with E-state index in [4.69, 9.17) is 14.2 Å². The maximum absolute atomic E-state index is 12.3. The van der Waals surface area contributed by atoms with Crippen LogP contribution in [0.4, 0.5) is 0 Å². The topological polar surface area (TPSA) is 200 Å². The van der Waals surface area contributed by atoms with Gasteiger partial charge in [0, 0.05) is 16.7 Å². The summed E-state index contributed by atoms with van der Waals surface area (Å²) in [7, 11) is 0. The fraction of sp³-hybridized carbons (Fsp3) is 0.635. The van der Waals surface area contributed by atoms with Gasteiger partial charge >= 0.3 is 17.9 Å². The van der Waals surface area contributed by atoms with Crippen molar-refractivity contribution in [2.45, 2.75) is 255 Å². The van der Waals surface area contributed by atoms with Crippen LogP contribution in [0.15, 0.2) is 91.1 Å². The van der Waals surface area contributed by atoms with Gasteiger partial charge in [0.15, 0.2) is 0 Å². The number of rotatable bonds is 24. The van der Waals surface area contributed by atoms with Crippen molar-refractivity contribution in [3.05, 3.63) is 124 Å². The molecule has 482 valence electrons. The summed E-state index contributed by atoms with van der Waals surface area (Å²) in [4.78, 5) is 36.4. The minimum Gasteiger partial charge on any atom is -0.423 e. The second kappa shape index (κ2) is 31.5. The molecule has 2 aliphatic carbocycles. The molecular weight excluding hydrogens is 1080 g/mol. The third-order valence-electron chi connectivity index (χ3n) is 17.3. The van der Waals surface area contributed by atoms with Crippen LogP contribution in [-0.2, 0) is 48.0 Å². The highest BCUT2D eigenvalue weighted by Gasteiger charge is 2.43. The summed E-state index contributed by atoms with van der Waals surface area (Å²) in [6.45, 7) is 48.1. The van der Waals surface area contributed by atoms with Gasteiger partial charge in [0.25, 0.3) is 0 Å². The maximum atomic E-state index is 12.3. The largest absolute Gasteiger partial charge is 0.423 e. The van der Waals surface area contributed by atoms with Crippen molar-refractivity contribution >= 4 is 17.9 Å². The van der Waals surface area contributed by atoms with Crippen molar-refractivity contribution in [2.75, 3.05) is 0 Å². The molecule has 5 rings (SSSR count). The lowest BCUT2D eigenvalue weighted by atomic mass is 9.71. The molecule has 2 fully saturated rings. The summed E-state index contributed by atoms with van der Waals surface area (Å²) in [6, 6.07) is 16.1. The minimum absolute atomic E-state index is 0.0707. The van der Waals surface area contributed by atoms with E-state index in [-0.39, 0.29) is 52.9 Å². The van der Waals surface area contributed by atoms with E-state index in [0.29, 0.717) is 102 Å². The van der Waals surface area contributed by atoms with Gasteiger partial charge in [-0.15, -0.1) is 0 Å². The van der Waals surface area contributed by atoms with Crippen LogP contribution >= 0.6 is 0 Å². The van der Waals surface area contributed by atoms with Crippen LogP contribution in [0.3, 0.4) is 0 Å². The van der Waals surface area contributed by atoms with Crippen LogP contribution in [0, 0.1) is 47.3 Å². The molecule has 0 heterocycles. The third kappa shape index (κ3) is 20.0. The van der Waals surface area contributed by atoms with Gasteiger partial charge < -0.3 is 44.8 Å². The van der Waals surface area contributed by atoms with Gasteiger partial charge in [-0.3, -0.25) is 0 Å². The molecule has 2 saturated carbocycles. The van der Waals surface area contributed by atoms with Crippen LogP contribution in [0.25, 0.3) is 0 Å². The molecule has 0 aliphatic heterocycles. The zero-order valence-electron chi connectivity index (χ0n) is 56.5. The average molecular weight is 1200 g/mol. The van der Waals surface area contributed by atoms with E-state index in [1.54, 1.807) is 57.2 Å². The summed E-state index contributed by atoms with van der Waals surface area (Å²) in [6.07, 6.45) is 11.3. The van der Waals surface area contributed by atoms with Crippen molar-refractivity contribution in [3.8, 4) is 17.2 Å². The molecule has 12 nitrogen and oxygen atoms in total. The molecule has 0 spiro atoms. The Morgan fingerprint density at radius 2 is 0.628 bits per heavy atom. The van der Waals surface area contributed by atoms with Crippen molar-refractivity contribution < 1.29 is 59.2 Å². The Morgan fingerprint density at radius 3 is 0.860 bits per heavy atom. The molecule has 0 atom stereocenters. The van der Waals surface area contributed by atoms with Crippen molar-refractivity contribution in [1.82, 2.24) is 0 Å². The first-order valence-corrected chi connectivity index (χ1v) is 32.0. The van der Waals surface area contributed by atoms with E-state index in [2.05, 4.69) is 75.1 Å². The molecule has 0 bridgehead atoms. The normalized spacial score (nSPS) is 15.6. The Kier molecular flexibility index (Phi) is 27.6. The van der Waals surface area contributed by atoms with Gasteiger partial charge in [0.1, 0.15) is 17.2 Å². The molecule has 2 aliphatic rings. The number of hydrogen-bond acceptors (Lipinski definition) is 12. The number of carbonyl (C=O) groups is 3. The van der Waals surface area contributed by atoms with E-state index in [1.165, 1.54) is 0 Å². The molecule has 3 aromatic carbocycles. The SMILES string of the molecule is C=C(C)C(=O)Oc1cc(C(O)(C(C)C)C(C)C)cc(C(O)(C(C)C)C(C)C)c1.C=C(C)C(=O)Oc1cc(C(O)(CC(C)C)CC(C)C)cc(C(O)(CC(C)C)CC(C)C)c1.C=C(C)C(=O)Oc1cc(C2(O)CCCCC2)cc(C2(O)CCCCC2)c1. The molecule has 86 heavy (non-hydrogen) atoms. The lowest BCUT2D eigenvalue weighted by Gasteiger charge is -2.40. The van der Waals surface area contributed by atoms with Crippen molar-refractivity contribution in [2.24, 2.45) is 47.3 Å². The number of benzene rings is 3. The molecule has 12 heteroatoms. The van der Waals surface area contributed by atoms with Crippen LogP contribution < -0.4 is 14.2 Å². The van der Waals surface area contributed by atoms with Gasteiger partial charge in [-0.05, 0) is 207 Å². The first kappa shape index (κ1) is 75.3. The van der Waals surface area contributed by atoms with Gasteiger partial charge in [0.05, 0.1) is 33.6 Å². The highest BCUT2D eigenvalue weighted by Crippen LogP contribution is 2.47. The van der Waals surface area contributed by atoms with Gasteiger partial charge in [-0.2, -0.15) is 0 Å². The Hall–Kier alpha value is -4.95. The number of esters is 3. The molecule has 0 amide bonds. The maximum Gasteiger partial charge on any atom is 0.338 e. The molecule has 0 aromatic heterocycles. The lowest BCUT2D eigenvalue weighted by molar-refractivity contribution is -0.131.